The molecule has 5 nitrogen and oxygen atoms in total. The largest absolute Gasteiger partial charge is 0.374 e. The molecule has 98 valence electrons. The molecule has 1 unspecified atom stereocenters. The van der Waals surface area contributed by atoms with Crippen LogP contribution in [0.5, 0.6) is 0 Å². The summed E-state index contributed by atoms with van der Waals surface area (Å²) >= 11 is 1.34. The van der Waals surface area contributed by atoms with Crippen LogP contribution >= 0.6 is 11.3 Å². The molecular weight excluding hydrogens is 267 g/mol. The minimum Gasteiger partial charge on any atom is -0.374 e. The normalized spacial score (nSPS) is 11.9. The Morgan fingerprint density at radius 3 is 2.95 bits per heavy atom. The van der Waals surface area contributed by atoms with Crippen molar-refractivity contribution in [2.45, 2.75) is 13.0 Å². The summed E-state index contributed by atoms with van der Waals surface area (Å²) in [4.78, 5) is 0. The number of rotatable bonds is 4. The van der Waals surface area contributed by atoms with Gasteiger partial charge in [0.05, 0.1) is 5.56 Å². The molecule has 0 aliphatic rings. The molecule has 19 heavy (non-hydrogen) atoms. The van der Waals surface area contributed by atoms with E-state index in [9.17, 15) is 4.39 Å². The Labute approximate surface area is 113 Å². The van der Waals surface area contributed by atoms with Crippen molar-refractivity contribution in [3.05, 3.63) is 34.6 Å². The number of anilines is 2. The second kappa shape index (κ2) is 5.73. The fourth-order valence-electron chi connectivity index (χ4n) is 1.36. The molecule has 1 heterocycles. The number of halogens is 1. The highest BCUT2D eigenvalue weighted by atomic mass is 32.1. The van der Waals surface area contributed by atoms with Gasteiger partial charge in [-0.15, -0.1) is 10.2 Å². The lowest BCUT2D eigenvalue weighted by Gasteiger charge is -2.03. The van der Waals surface area contributed by atoms with Crippen LogP contribution in [0.3, 0.4) is 0 Å². The number of nitrogens with one attached hydrogen (secondary N) is 1. The van der Waals surface area contributed by atoms with Gasteiger partial charge < -0.3 is 10.1 Å². The third-order valence-corrected chi connectivity index (χ3v) is 3.48. The van der Waals surface area contributed by atoms with Crippen molar-refractivity contribution in [1.29, 1.82) is 5.26 Å². The molecule has 1 atom stereocenters. The van der Waals surface area contributed by atoms with Crippen LogP contribution in [0, 0.1) is 17.1 Å². The summed E-state index contributed by atoms with van der Waals surface area (Å²) < 4.78 is 18.3. The maximum atomic E-state index is 13.2. The minimum atomic E-state index is -0.543. The van der Waals surface area contributed by atoms with E-state index in [1.165, 1.54) is 29.5 Å². The number of hydrogen-bond donors (Lipinski definition) is 1. The molecule has 0 saturated carbocycles. The number of aromatic nitrogens is 2. The van der Waals surface area contributed by atoms with Crippen LogP contribution in [-0.2, 0) is 4.74 Å². The van der Waals surface area contributed by atoms with Gasteiger partial charge in [-0.3, -0.25) is 0 Å². The zero-order chi connectivity index (χ0) is 13.8. The van der Waals surface area contributed by atoms with Gasteiger partial charge in [0, 0.05) is 12.8 Å². The number of nitrogens with zero attached hydrogens (tertiary/aromatic N) is 3. The maximum Gasteiger partial charge on any atom is 0.210 e. The highest BCUT2D eigenvalue weighted by Crippen LogP contribution is 2.26. The van der Waals surface area contributed by atoms with Crippen LogP contribution in [0.25, 0.3) is 0 Å². The molecule has 0 radical (unpaired) electrons. The van der Waals surface area contributed by atoms with E-state index in [1.54, 1.807) is 13.2 Å². The lowest BCUT2D eigenvalue weighted by atomic mass is 10.2. The monoisotopic (exact) mass is 278 g/mol. The van der Waals surface area contributed by atoms with E-state index >= 15 is 0 Å². The van der Waals surface area contributed by atoms with Crippen LogP contribution in [0.1, 0.15) is 23.6 Å². The fraction of sp³-hybridized carbons (Fsp3) is 0.250. The Morgan fingerprint density at radius 2 is 2.26 bits per heavy atom. The molecule has 1 aromatic heterocycles. The van der Waals surface area contributed by atoms with E-state index in [-0.39, 0.29) is 11.7 Å². The van der Waals surface area contributed by atoms with Crippen molar-refractivity contribution in [1.82, 2.24) is 10.2 Å². The molecule has 0 aliphatic carbocycles. The standard InChI is InChI=1S/C12H11FN4OS/c1-7(18-2)11-16-17-12(19-11)15-9-3-4-10(13)8(5-9)6-14/h3-5,7H,1-2H3,(H,15,17). The van der Waals surface area contributed by atoms with Crippen molar-refractivity contribution in [2.24, 2.45) is 0 Å². The van der Waals surface area contributed by atoms with Crippen molar-refractivity contribution in [3.8, 4) is 6.07 Å². The summed E-state index contributed by atoms with van der Waals surface area (Å²) in [5.74, 6) is -0.543. The summed E-state index contributed by atoms with van der Waals surface area (Å²) in [6.07, 6.45) is -0.129. The van der Waals surface area contributed by atoms with Crippen molar-refractivity contribution in [3.63, 3.8) is 0 Å². The Balaban J connectivity index is 2.17. The maximum absolute atomic E-state index is 13.2. The molecule has 2 aromatic rings. The van der Waals surface area contributed by atoms with Gasteiger partial charge in [-0.1, -0.05) is 11.3 Å². The topological polar surface area (TPSA) is 70.8 Å². The fourth-order valence-corrected chi connectivity index (χ4v) is 2.15. The predicted octanol–water partition coefficient (Wildman–Crippen LogP) is 3.00. The number of benzene rings is 1. The number of ether oxygens (including phenoxy) is 1. The Bertz CT molecular complexity index is 622. The van der Waals surface area contributed by atoms with Crippen LogP contribution in [0.4, 0.5) is 15.2 Å². The second-order valence-corrected chi connectivity index (χ2v) is 4.76. The van der Waals surface area contributed by atoms with Crippen LogP contribution < -0.4 is 5.32 Å². The third kappa shape index (κ3) is 3.05. The van der Waals surface area contributed by atoms with Gasteiger partial charge in [0.15, 0.2) is 0 Å². The molecule has 1 aromatic carbocycles. The van der Waals surface area contributed by atoms with Crippen molar-refractivity contribution < 1.29 is 9.13 Å². The van der Waals surface area contributed by atoms with E-state index < -0.39 is 5.82 Å². The van der Waals surface area contributed by atoms with Gasteiger partial charge >= 0.3 is 0 Å². The first-order valence-electron chi connectivity index (χ1n) is 5.47. The predicted molar refractivity (Wildman–Crippen MR) is 69.7 cm³/mol. The van der Waals surface area contributed by atoms with E-state index in [0.29, 0.717) is 10.8 Å². The molecule has 2 rings (SSSR count). The molecule has 1 N–H and O–H groups in total. The zero-order valence-corrected chi connectivity index (χ0v) is 11.2. The highest BCUT2D eigenvalue weighted by molar-refractivity contribution is 7.15. The van der Waals surface area contributed by atoms with Gasteiger partial charge in [-0.2, -0.15) is 5.26 Å². The molecule has 0 saturated heterocycles. The van der Waals surface area contributed by atoms with Crippen molar-refractivity contribution in [2.75, 3.05) is 12.4 Å². The minimum absolute atomic E-state index is 0.0139. The van der Waals surface area contributed by atoms with E-state index in [0.717, 1.165) is 5.01 Å². The Hall–Kier alpha value is -2.04. The molecule has 0 amide bonds. The van der Waals surface area contributed by atoms with Crippen LogP contribution in [0.15, 0.2) is 18.2 Å². The number of methoxy groups -OCH3 is 1. The first-order valence-corrected chi connectivity index (χ1v) is 6.28. The van der Waals surface area contributed by atoms with Crippen molar-refractivity contribution >= 4 is 22.2 Å². The van der Waals surface area contributed by atoms with Gasteiger partial charge in [0.25, 0.3) is 0 Å². The Morgan fingerprint density at radius 1 is 1.47 bits per heavy atom. The third-order valence-electron chi connectivity index (χ3n) is 2.48. The molecular formula is C12H11FN4OS. The molecule has 0 spiro atoms. The second-order valence-electron chi connectivity index (χ2n) is 3.75. The number of nitriles is 1. The lowest BCUT2D eigenvalue weighted by Crippen LogP contribution is -1.93. The zero-order valence-electron chi connectivity index (χ0n) is 10.3. The van der Waals surface area contributed by atoms with E-state index in [2.05, 4.69) is 15.5 Å². The van der Waals surface area contributed by atoms with Gasteiger partial charge in [0.2, 0.25) is 5.13 Å². The number of hydrogen-bond acceptors (Lipinski definition) is 6. The summed E-state index contributed by atoms with van der Waals surface area (Å²) in [6.45, 7) is 1.87. The van der Waals surface area contributed by atoms with Crippen LogP contribution in [0.2, 0.25) is 0 Å². The highest BCUT2D eigenvalue weighted by Gasteiger charge is 2.11. The smallest absolute Gasteiger partial charge is 0.210 e. The average Bonchev–Trinajstić information content (AvgIpc) is 2.88. The van der Waals surface area contributed by atoms with Crippen LogP contribution in [-0.4, -0.2) is 17.3 Å². The summed E-state index contributed by atoms with van der Waals surface area (Å²) in [6, 6.07) is 5.99. The van der Waals surface area contributed by atoms with E-state index in [1.807, 2.05) is 6.92 Å². The first-order chi connectivity index (χ1) is 9.13. The van der Waals surface area contributed by atoms with E-state index in [4.69, 9.17) is 10.00 Å². The molecule has 0 bridgehead atoms. The average molecular weight is 278 g/mol. The van der Waals surface area contributed by atoms with Gasteiger partial charge in [-0.25, -0.2) is 4.39 Å². The van der Waals surface area contributed by atoms with Gasteiger partial charge in [0.1, 0.15) is 23.0 Å². The summed E-state index contributed by atoms with van der Waals surface area (Å²) in [5.41, 5.74) is 0.575. The first kappa shape index (κ1) is 13.4. The summed E-state index contributed by atoms with van der Waals surface area (Å²) in [5, 5.41) is 21.0. The molecule has 0 aliphatic heterocycles. The van der Waals surface area contributed by atoms with Gasteiger partial charge in [-0.05, 0) is 25.1 Å². The Kier molecular flexibility index (Phi) is 4.04. The lowest BCUT2D eigenvalue weighted by molar-refractivity contribution is 0.118. The molecule has 7 heteroatoms. The quantitative estimate of drug-likeness (QED) is 0.930. The summed E-state index contributed by atoms with van der Waals surface area (Å²) in [7, 11) is 1.60. The molecule has 0 fully saturated rings. The SMILES string of the molecule is COC(C)c1nnc(Nc2ccc(F)c(C#N)c2)s1.